The van der Waals surface area contributed by atoms with Crippen molar-refractivity contribution < 1.29 is 9.53 Å². The van der Waals surface area contributed by atoms with E-state index in [9.17, 15) is 4.79 Å². The lowest BCUT2D eigenvalue weighted by Crippen LogP contribution is -2.07. The van der Waals surface area contributed by atoms with Crippen LogP contribution in [-0.2, 0) is 4.79 Å². The van der Waals surface area contributed by atoms with E-state index < -0.39 is 5.97 Å². The van der Waals surface area contributed by atoms with Gasteiger partial charge in [0, 0.05) is 11.4 Å². The number of hydrogen-bond acceptors (Lipinski definition) is 3. The van der Waals surface area contributed by atoms with Crippen LogP contribution in [-0.4, -0.2) is 5.97 Å². The van der Waals surface area contributed by atoms with E-state index in [1.807, 2.05) is 13.0 Å². The van der Waals surface area contributed by atoms with Gasteiger partial charge in [0.15, 0.2) is 0 Å². The number of nitriles is 1. The summed E-state index contributed by atoms with van der Waals surface area (Å²) in [4.78, 5) is 11.2. The van der Waals surface area contributed by atoms with Gasteiger partial charge in [0.2, 0.25) is 0 Å². The summed E-state index contributed by atoms with van der Waals surface area (Å²) in [7, 11) is 0. The molecule has 0 aromatic heterocycles. The quantitative estimate of drug-likeness (QED) is 0.585. The minimum atomic E-state index is -0.404. The molecule has 0 fully saturated rings. The number of nitrogens with zero attached hydrogens (tertiary/aromatic N) is 1. The molecule has 3 nitrogen and oxygen atoms in total. The summed E-state index contributed by atoms with van der Waals surface area (Å²) >= 11 is 5.82. The number of halogens is 1. The molecular weight excluding hydrogens is 214 g/mol. The first-order valence-corrected chi connectivity index (χ1v) is 4.85. The predicted octanol–water partition coefficient (Wildman–Crippen LogP) is 2.86. The first-order valence-electron chi connectivity index (χ1n) is 4.47. The molecule has 0 aliphatic carbocycles. The highest BCUT2D eigenvalue weighted by molar-refractivity contribution is 6.31. The molecule has 0 aliphatic heterocycles. The lowest BCUT2D eigenvalue weighted by molar-refractivity contribution is -0.134. The van der Waals surface area contributed by atoms with Crippen LogP contribution in [0, 0.1) is 18.3 Å². The third-order valence-electron chi connectivity index (χ3n) is 1.80. The van der Waals surface area contributed by atoms with Crippen LogP contribution < -0.4 is 4.74 Å². The number of carbonyl (C=O) groups excluding carboxylic acids is 1. The summed E-state index contributed by atoms with van der Waals surface area (Å²) in [6, 6.07) is 6.87. The Labute approximate surface area is 93.2 Å². The Morgan fingerprint density at radius 2 is 2.33 bits per heavy atom. The first-order chi connectivity index (χ1) is 7.13. The average Bonchev–Trinajstić information content (AvgIpc) is 2.20. The van der Waals surface area contributed by atoms with Crippen LogP contribution in [0.15, 0.2) is 18.2 Å². The number of benzene rings is 1. The Bertz CT molecular complexity index is 410. The van der Waals surface area contributed by atoms with Gasteiger partial charge in [-0.25, -0.2) is 0 Å². The number of hydrogen-bond donors (Lipinski definition) is 0. The zero-order valence-corrected chi connectivity index (χ0v) is 9.04. The molecule has 0 spiro atoms. The monoisotopic (exact) mass is 223 g/mol. The van der Waals surface area contributed by atoms with Gasteiger partial charge >= 0.3 is 5.97 Å². The number of esters is 1. The van der Waals surface area contributed by atoms with Gasteiger partial charge in [0.1, 0.15) is 5.75 Å². The summed E-state index contributed by atoms with van der Waals surface area (Å²) in [5.74, 6) is 0.0538. The lowest BCUT2D eigenvalue weighted by Gasteiger charge is -2.04. The third kappa shape index (κ3) is 3.61. The molecule has 0 saturated heterocycles. The number of carbonyl (C=O) groups is 1. The number of ether oxygens (including phenoxy) is 1. The molecule has 0 N–H and O–H groups in total. The van der Waals surface area contributed by atoms with Gasteiger partial charge < -0.3 is 4.74 Å². The highest BCUT2D eigenvalue weighted by Gasteiger charge is 2.05. The topological polar surface area (TPSA) is 50.1 Å². The summed E-state index contributed by atoms with van der Waals surface area (Å²) in [6.45, 7) is 1.83. The minimum Gasteiger partial charge on any atom is -0.426 e. The molecule has 0 radical (unpaired) electrons. The molecule has 0 atom stereocenters. The molecule has 4 heteroatoms. The fraction of sp³-hybridized carbons (Fsp3) is 0.273. The van der Waals surface area contributed by atoms with Crippen molar-refractivity contribution in [3.63, 3.8) is 0 Å². The van der Waals surface area contributed by atoms with E-state index in [1.54, 1.807) is 18.2 Å². The fourth-order valence-electron chi connectivity index (χ4n) is 1.02. The van der Waals surface area contributed by atoms with Crippen LogP contribution >= 0.6 is 11.6 Å². The Kier molecular flexibility index (Phi) is 4.14. The van der Waals surface area contributed by atoms with Crippen LogP contribution in [0.5, 0.6) is 5.75 Å². The van der Waals surface area contributed by atoms with E-state index >= 15 is 0 Å². The molecule has 0 amide bonds. The van der Waals surface area contributed by atoms with Gasteiger partial charge in [-0.05, 0) is 30.7 Å². The highest BCUT2D eigenvalue weighted by Crippen LogP contribution is 2.21. The van der Waals surface area contributed by atoms with Crippen LogP contribution in [0.4, 0.5) is 0 Å². The fourth-order valence-corrected chi connectivity index (χ4v) is 1.14. The van der Waals surface area contributed by atoms with Crippen molar-refractivity contribution in [1.82, 2.24) is 0 Å². The van der Waals surface area contributed by atoms with Gasteiger partial charge in [-0.2, -0.15) is 5.26 Å². The molecule has 0 heterocycles. The van der Waals surface area contributed by atoms with Crippen molar-refractivity contribution in [2.24, 2.45) is 0 Å². The second kappa shape index (κ2) is 5.38. The van der Waals surface area contributed by atoms with Crippen LogP contribution in [0.3, 0.4) is 0 Å². The summed E-state index contributed by atoms with van der Waals surface area (Å²) in [6.07, 6.45) is 0.281. The molecule has 0 saturated carbocycles. The average molecular weight is 224 g/mol. The van der Waals surface area contributed by atoms with Crippen molar-refractivity contribution >= 4 is 17.6 Å². The molecule has 78 valence electrons. The van der Waals surface area contributed by atoms with Gasteiger partial charge in [-0.3, -0.25) is 4.79 Å². The molecule has 1 aromatic carbocycles. The maximum absolute atomic E-state index is 11.2. The van der Waals surface area contributed by atoms with Crippen LogP contribution in [0.2, 0.25) is 5.02 Å². The van der Waals surface area contributed by atoms with Crippen molar-refractivity contribution in [2.45, 2.75) is 19.8 Å². The van der Waals surface area contributed by atoms with E-state index in [2.05, 4.69) is 0 Å². The van der Waals surface area contributed by atoms with Gasteiger partial charge in [0.05, 0.1) is 12.5 Å². The van der Waals surface area contributed by atoms with Crippen molar-refractivity contribution in [3.05, 3.63) is 28.8 Å². The second-order valence-electron chi connectivity index (χ2n) is 3.04. The Hall–Kier alpha value is -1.53. The van der Waals surface area contributed by atoms with Crippen molar-refractivity contribution in [1.29, 1.82) is 5.26 Å². The van der Waals surface area contributed by atoms with Crippen molar-refractivity contribution in [3.8, 4) is 11.8 Å². The standard InChI is InChI=1S/C11H10ClNO2/c1-8-7-9(4-5-10(8)12)15-11(14)3-2-6-13/h4-5,7H,2-3H2,1H3. The molecule has 0 bridgehead atoms. The molecule has 1 aromatic rings. The van der Waals surface area contributed by atoms with Gasteiger partial charge in [0.25, 0.3) is 0 Å². The van der Waals surface area contributed by atoms with Crippen LogP contribution in [0.1, 0.15) is 18.4 Å². The first kappa shape index (κ1) is 11.5. The van der Waals surface area contributed by atoms with E-state index in [4.69, 9.17) is 21.6 Å². The largest absolute Gasteiger partial charge is 0.426 e. The van der Waals surface area contributed by atoms with Crippen molar-refractivity contribution in [2.75, 3.05) is 0 Å². The smallest absolute Gasteiger partial charge is 0.312 e. The second-order valence-corrected chi connectivity index (χ2v) is 3.45. The molecule has 0 unspecified atom stereocenters. The van der Waals surface area contributed by atoms with E-state index in [0.717, 1.165) is 5.56 Å². The number of rotatable bonds is 3. The zero-order chi connectivity index (χ0) is 11.3. The Morgan fingerprint density at radius 1 is 1.60 bits per heavy atom. The molecule has 0 aliphatic rings. The summed E-state index contributed by atoms with van der Waals surface area (Å²) in [5.41, 5.74) is 0.849. The predicted molar refractivity (Wildman–Crippen MR) is 56.7 cm³/mol. The highest BCUT2D eigenvalue weighted by atomic mass is 35.5. The summed E-state index contributed by atoms with van der Waals surface area (Å²) in [5, 5.41) is 8.92. The van der Waals surface area contributed by atoms with E-state index in [1.165, 1.54) is 0 Å². The minimum absolute atomic E-state index is 0.109. The maximum Gasteiger partial charge on any atom is 0.312 e. The zero-order valence-electron chi connectivity index (χ0n) is 8.29. The van der Waals surface area contributed by atoms with E-state index in [-0.39, 0.29) is 12.8 Å². The maximum atomic E-state index is 11.2. The van der Waals surface area contributed by atoms with Crippen LogP contribution in [0.25, 0.3) is 0 Å². The number of aryl methyl sites for hydroxylation is 1. The third-order valence-corrected chi connectivity index (χ3v) is 2.23. The summed E-state index contributed by atoms with van der Waals surface area (Å²) < 4.78 is 5.00. The van der Waals surface area contributed by atoms with Gasteiger partial charge in [-0.1, -0.05) is 11.6 Å². The molecular formula is C11H10ClNO2. The lowest BCUT2D eigenvalue weighted by atomic mass is 10.2. The molecule has 15 heavy (non-hydrogen) atoms. The van der Waals surface area contributed by atoms with E-state index in [0.29, 0.717) is 10.8 Å². The molecule has 1 rings (SSSR count). The SMILES string of the molecule is Cc1cc(OC(=O)CCC#N)ccc1Cl. The Morgan fingerprint density at radius 3 is 2.93 bits per heavy atom. The van der Waals surface area contributed by atoms with Gasteiger partial charge in [-0.15, -0.1) is 0 Å². The Balaban J connectivity index is 2.62. The normalized spacial score (nSPS) is 9.40.